The van der Waals surface area contributed by atoms with Crippen molar-refractivity contribution in [1.29, 1.82) is 0 Å². The van der Waals surface area contributed by atoms with Crippen LogP contribution in [0.15, 0.2) is 48.5 Å². The molecule has 4 fully saturated rings. The maximum Gasteiger partial charge on any atom is 0.481 e. The minimum Gasteiger partial charge on any atom is -0.444 e. The fourth-order valence-electron chi connectivity index (χ4n) is 9.56. The summed E-state index contributed by atoms with van der Waals surface area (Å²) >= 11 is 0. The Bertz CT molecular complexity index is 1960. The molecule has 1 saturated heterocycles. The molecule has 1 heterocycles. The predicted molar refractivity (Wildman–Crippen MR) is 256 cm³/mol. The van der Waals surface area contributed by atoms with Gasteiger partial charge in [-0.05, 0) is 133 Å². The molecule has 0 radical (unpaired) electrons. The zero-order chi connectivity index (χ0) is 48.4. The zero-order valence-electron chi connectivity index (χ0n) is 41.0. The van der Waals surface area contributed by atoms with E-state index in [1.165, 1.54) is 32.3 Å². The minimum atomic E-state index is -1.33. The Morgan fingerprint density at radius 3 is 2.08 bits per heavy atom. The predicted octanol–water partition coefficient (Wildman–Crippen LogP) is 5.50. The summed E-state index contributed by atoms with van der Waals surface area (Å²) in [5.74, 6) is -1.90. The van der Waals surface area contributed by atoms with Crippen LogP contribution < -0.4 is 31.9 Å². The van der Waals surface area contributed by atoms with Crippen molar-refractivity contribution in [3.63, 3.8) is 0 Å². The number of alkyl carbamates (subject to hydrolysis) is 1. The van der Waals surface area contributed by atoms with Crippen LogP contribution in [0.2, 0.25) is 0 Å². The van der Waals surface area contributed by atoms with Crippen molar-refractivity contribution in [2.75, 3.05) is 13.1 Å². The number of amides is 5. The molecular weight excluding hydrogens is 839 g/mol. The van der Waals surface area contributed by atoms with E-state index in [-0.39, 0.29) is 24.4 Å². The van der Waals surface area contributed by atoms with Gasteiger partial charge in [0.05, 0.1) is 23.8 Å². The molecule has 3 aliphatic carbocycles. The fraction of sp³-hybridized carbons (Fsp3) is 0.660. The number of unbranched alkanes of at least 4 members (excludes halogenated alkanes) is 2. The van der Waals surface area contributed by atoms with Crippen molar-refractivity contribution in [1.82, 2.24) is 31.9 Å². The lowest BCUT2D eigenvalue weighted by Crippen LogP contribution is -2.65. The van der Waals surface area contributed by atoms with E-state index in [0.29, 0.717) is 44.3 Å². The van der Waals surface area contributed by atoms with Crippen molar-refractivity contribution < 1.29 is 43.1 Å². The molecule has 7 N–H and O–H groups in total. The Labute approximate surface area is 392 Å². The standard InChI is InChI=1S/C50H77BN6O9/c1-11-12-15-34-17-21-36(22-18-34)37-23-19-35(20-24-37)30-52-27-25-42(59)57-43(32(3)58)46(62)54-31(2)44(60)56-39(16-13-14-26-53-47(63)64-48(5,6)7)45(61)55-33(4)51-65-41-29-38-28-40(49(38,8)9)50(41,10)66-51/h17-24,31-33,38-41,43,52,58H,11-16,25-30H2,1-10H3,(H,53,63)(H,54,62)(H,55,61)(H,56,60)(H,57,59)/t31-,32+,33-,38-,39-,40-,41?,43-,50-/m0/s1. The second kappa shape index (κ2) is 23.0. The van der Waals surface area contributed by atoms with Gasteiger partial charge < -0.3 is 51.1 Å². The van der Waals surface area contributed by atoms with E-state index >= 15 is 0 Å². The summed E-state index contributed by atoms with van der Waals surface area (Å²) in [6.45, 7) is 20.0. The van der Waals surface area contributed by atoms with Crippen molar-refractivity contribution in [2.45, 2.75) is 181 Å². The number of ether oxygens (including phenoxy) is 1. The Morgan fingerprint density at radius 1 is 0.818 bits per heavy atom. The fourth-order valence-corrected chi connectivity index (χ4v) is 9.56. The van der Waals surface area contributed by atoms with Crippen LogP contribution in [0.4, 0.5) is 4.79 Å². The number of rotatable bonds is 23. The van der Waals surface area contributed by atoms with Crippen LogP contribution in [-0.4, -0.2) is 103 Å². The first kappa shape index (κ1) is 52.5. The molecule has 16 heteroatoms. The summed E-state index contributed by atoms with van der Waals surface area (Å²) in [5.41, 5.74) is 3.74. The Hall–Kier alpha value is -4.51. The Kier molecular flexibility index (Phi) is 18.3. The average Bonchev–Trinajstić information content (AvgIpc) is 3.63. The smallest absolute Gasteiger partial charge is 0.444 e. The lowest BCUT2D eigenvalue weighted by Gasteiger charge is -2.64. The van der Waals surface area contributed by atoms with Gasteiger partial charge in [-0.3, -0.25) is 19.2 Å². The molecule has 1 unspecified atom stereocenters. The lowest BCUT2D eigenvalue weighted by molar-refractivity contribution is -0.199. The number of aryl methyl sites for hydroxylation is 1. The number of hydrogen-bond donors (Lipinski definition) is 7. The molecule has 5 amide bonds. The van der Waals surface area contributed by atoms with Crippen molar-refractivity contribution >= 4 is 36.8 Å². The maximum atomic E-state index is 13.9. The number of hydrogen-bond acceptors (Lipinski definition) is 10. The zero-order valence-corrected chi connectivity index (χ0v) is 41.0. The third-order valence-electron chi connectivity index (χ3n) is 13.7. The van der Waals surface area contributed by atoms with Crippen LogP contribution >= 0.6 is 0 Å². The van der Waals surface area contributed by atoms with E-state index in [4.69, 9.17) is 14.0 Å². The molecule has 0 spiro atoms. The average molecular weight is 917 g/mol. The van der Waals surface area contributed by atoms with Crippen LogP contribution in [0.25, 0.3) is 11.1 Å². The van der Waals surface area contributed by atoms with E-state index in [1.54, 1.807) is 20.8 Å². The van der Waals surface area contributed by atoms with E-state index in [0.717, 1.165) is 36.0 Å². The second-order valence-corrected chi connectivity index (χ2v) is 20.6. The van der Waals surface area contributed by atoms with E-state index in [1.807, 2.05) is 19.1 Å². The van der Waals surface area contributed by atoms with Gasteiger partial charge in [-0.15, -0.1) is 0 Å². The molecule has 4 aliphatic rings. The molecule has 0 aromatic heterocycles. The monoisotopic (exact) mass is 917 g/mol. The molecule has 2 aromatic carbocycles. The highest BCUT2D eigenvalue weighted by atomic mass is 16.7. The molecule has 2 aromatic rings. The van der Waals surface area contributed by atoms with Crippen molar-refractivity contribution in [3.8, 4) is 11.1 Å². The van der Waals surface area contributed by atoms with Crippen LogP contribution in [0.1, 0.15) is 132 Å². The summed E-state index contributed by atoms with van der Waals surface area (Å²) in [7, 11) is -0.670. The summed E-state index contributed by atoms with van der Waals surface area (Å²) < 4.78 is 18.3. The topological polar surface area (TPSA) is 205 Å². The van der Waals surface area contributed by atoms with Crippen LogP contribution in [0.3, 0.4) is 0 Å². The molecule has 6 rings (SSSR count). The Balaban J connectivity index is 1.09. The van der Waals surface area contributed by atoms with Gasteiger partial charge in [-0.25, -0.2) is 4.79 Å². The summed E-state index contributed by atoms with van der Waals surface area (Å²) in [6.07, 6.45) is 4.79. The third kappa shape index (κ3) is 14.0. The normalized spacial score (nSPS) is 22.9. The maximum absolute atomic E-state index is 13.9. The van der Waals surface area contributed by atoms with Gasteiger partial charge >= 0.3 is 13.2 Å². The van der Waals surface area contributed by atoms with E-state index < -0.39 is 78.2 Å². The van der Waals surface area contributed by atoms with Gasteiger partial charge in [-0.2, -0.15) is 0 Å². The molecule has 364 valence electrons. The summed E-state index contributed by atoms with van der Waals surface area (Å²) in [5, 5.41) is 27.5. The SMILES string of the molecule is CCCCc1ccc(-c2ccc(CNCCC(=O)N[C@H](C(=O)N[C@@H](C)C(=O)N[C@@H](CCCCNC(=O)OC(C)(C)C)C(=O)N[C@@H](C)B3OC4C[C@@H]5C[C@@H](C5(C)C)[C@]4(C)O3)[C@@H](C)O)cc2)cc1. The first-order valence-electron chi connectivity index (χ1n) is 24.2. The highest BCUT2D eigenvalue weighted by molar-refractivity contribution is 6.47. The third-order valence-corrected chi connectivity index (χ3v) is 13.7. The second-order valence-electron chi connectivity index (χ2n) is 20.6. The van der Waals surface area contributed by atoms with Crippen LogP contribution in [-0.2, 0) is 46.2 Å². The van der Waals surface area contributed by atoms with Gasteiger partial charge in [0.15, 0.2) is 0 Å². The van der Waals surface area contributed by atoms with E-state index in [9.17, 15) is 29.1 Å². The van der Waals surface area contributed by atoms with Crippen LogP contribution in [0.5, 0.6) is 0 Å². The molecule has 3 saturated carbocycles. The number of nitrogens with one attached hydrogen (secondary N) is 6. The van der Waals surface area contributed by atoms with Crippen LogP contribution in [0, 0.1) is 17.3 Å². The highest BCUT2D eigenvalue weighted by Crippen LogP contribution is 2.65. The first-order chi connectivity index (χ1) is 31.1. The number of benzene rings is 2. The summed E-state index contributed by atoms with van der Waals surface area (Å²) in [4.78, 5) is 66.0. The van der Waals surface area contributed by atoms with Gasteiger partial charge in [0.1, 0.15) is 23.7 Å². The number of carbonyl (C=O) groups excluding carboxylic acids is 5. The van der Waals surface area contributed by atoms with Gasteiger partial charge in [-0.1, -0.05) is 75.7 Å². The van der Waals surface area contributed by atoms with Gasteiger partial charge in [0.25, 0.3) is 0 Å². The largest absolute Gasteiger partial charge is 0.481 e. The first-order valence-corrected chi connectivity index (χ1v) is 24.2. The molecule has 1 aliphatic heterocycles. The highest BCUT2D eigenvalue weighted by Gasteiger charge is 2.68. The summed E-state index contributed by atoms with van der Waals surface area (Å²) in [6, 6.07) is 13.5. The lowest BCUT2D eigenvalue weighted by atomic mass is 9.43. The quantitative estimate of drug-likeness (QED) is 0.0551. The minimum absolute atomic E-state index is 0.0490. The number of aliphatic hydroxyl groups excluding tert-OH is 1. The van der Waals surface area contributed by atoms with Gasteiger partial charge in [0, 0.05) is 26.1 Å². The molecule has 9 atom stereocenters. The van der Waals surface area contributed by atoms with Gasteiger partial charge in [0.2, 0.25) is 23.6 Å². The molecular formula is C50H77BN6O9. The Morgan fingerprint density at radius 2 is 1.47 bits per heavy atom. The van der Waals surface area contributed by atoms with E-state index in [2.05, 4.69) is 96.0 Å². The number of aliphatic hydroxyl groups is 1. The number of carbonyl (C=O) groups is 5. The van der Waals surface area contributed by atoms with Crippen molar-refractivity contribution in [2.24, 2.45) is 17.3 Å². The van der Waals surface area contributed by atoms with Crippen molar-refractivity contribution in [3.05, 3.63) is 59.7 Å². The molecule has 15 nitrogen and oxygen atoms in total. The molecule has 66 heavy (non-hydrogen) atoms. The molecule has 2 bridgehead atoms.